The molecule has 2 amide bonds. The Hall–Kier alpha value is -1.72. The molecule has 19 heavy (non-hydrogen) atoms. The van der Waals surface area contributed by atoms with Crippen LogP contribution in [-0.2, 0) is 9.47 Å². The molecule has 2 unspecified atom stereocenters. The van der Waals surface area contributed by atoms with Gasteiger partial charge in [0.15, 0.2) is 0 Å². The van der Waals surface area contributed by atoms with E-state index >= 15 is 0 Å². The molecule has 0 N–H and O–H groups in total. The van der Waals surface area contributed by atoms with Gasteiger partial charge in [0.1, 0.15) is 0 Å². The summed E-state index contributed by atoms with van der Waals surface area (Å²) in [6.07, 6.45) is 5.12. The van der Waals surface area contributed by atoms with Crippen LogP contribution in [-0.4, -0.2) is 47.5 Å². The molecule has 1 heterocycles. The van der Waals surface area contributed by atoms with E-state index in [1.807, 2.05) is 12.2 Å². The number of carbonyl (C=O) groups is 2. The molecule has 3 aliphatic rings. The molecule has 1 saturated heterocycles. The van der Waals surface area contributed by atoms with Crippen LogP contribution < -0.4 is 0 Å². The Bertz CT molecular complexity index is 408. The summed E-state index contributed by atoms with van der Waals surface area (Å²) in [4.78, 5) is 24.2. The average Bonchev–Trinajstić information content (AvgIpc) is 3.04. The second kappa shape index (κ2) is 4.15. The highest BCUT2D eigenvalue weighted by Gasteiger charge is 2.69. The van der Waals surface area contributed by atoms with Crippen molar-refractivity contribution >= 4 is 12.2 Å². The van der Waals surface area contributed by atoms with Gasteiger partial charge in [0.25, 0.3) is 0 Å². The van der Waals surface area contributed by atoms with Crippen molar-refractivity contribution in [3.8, 4) is 0 Å². The number of ether oxygens (including phenoxy) is 2. The Morgan fingerprint density at radius 1 is 1.05 bits per heavy atom. The average molecular weight is 266 g/mol. The Morgan fingerprint density at radius 3 is 1.79 bits per heavy atom. The van der Waals surface area contributed by atoms with Gasteiger partial charge in [-0.05, 0) is 26.7 Å². The standard InChI is InChI=1S/C13H18N2O4/c1-3-18-11(16)14-9-5-6-10(13(9)7-8-13)15(14)12(17)19-4-2/h5-6,9-10H,3-4,7-8H2,1-2H3. The summed E-state index contributed by atoms with van der Waals surface area (Å²) in [6.45, 7) is 4.09. The monoisotopic (exact) mass is 266 g/mol. The first-order chi connectivity index (χ1) is 9.15. The largest absolute Gasteiger partial charge is 0.448 e. The molecule has 2 fully saturated rings. The number of hydrogen-bond donors (Lipinski definition) is 0. The van der Waals surface area contributed by atoms with Crippen molar-refractivity contribution in [2.45, 2.75) is 38.8 Å². The summed E-state index contributed by atoms with van der Waals surface area (Å²) < 4.78 is 10.1. The zero-order chi connectivity index (χ0) is 13.6. The fraction of sp³-hybridized carbons (Fsp3) is 0.692. The third kappa shape index (κ3) is 1.55. The first kappa shape index (κ1) is 12.3. The predicted octanol–water partition coefficient (Wildman–Crippen LogP) is 1.92. The Labute approximate surface area is 111 Å². The van der Waals surface area contributed by atoms with Crippen LogP contribution in [0.25, 0.3) is 0 Å². The minimum atomic E-state index is -0.473. The summed E-state index contributed by atoms with van der Waals surface area (Å²) in [7, 11) is 0. The lowest BCUT2D eigenvalue weighted by molar-refractivity contribution is -0.0130. The number of carbonyl (C=O) groups excluding carboxylic acids is 2. The van der Waals surface area contributed by atoms with E-state index in [1.54, 1.807) is 13.8 Å². The molecular weight excluding hydrogens is 248 g/mol. The van der Waals surface area contributed by atoms with E-state index in [0.29, 0.717) is 13.2 Å². The maximum absolute atomic E-state index is 12.1. The van der Waals surface area contributed by atoms with Gasteiger partial charge >= 0.3 is 12.2 Å². The minimum absolute atomic E-state index is 0.0134. The topological polar surface area (TPSA) is 59.1 Å². The van der Waals surface area contributed by atoms with E-state index in [9.17, 15) is 9.59 Å². The molecule has 6 heteroatoms. The molecule has 1 aliphatic heterocycles. The van der Waals surface area contributed by atoms with Gasteiger partial charge in [-0.1, -0.05) is 12.2 Å². The van der Waals surface area contributed by atoms with Gasteiger partial charge in [0.2, 0.25) is 0 Å². The highest BCUT2D eigenvalue weighted by Crippen LogP contribution is 2.63. The molecule has 3 rings (SSSR count). The molecule has 0 aromatic heterocycles. The third-order valence-electron chi connectivity index (χ3n) is 4.15. The van der Waals surface area contributed by atoms with Gasteiger partial charge < -0.3 is 9.47 Å². The zero-order valence-corrected chi connectivity index (χ0v) is 11.2. The summed E-state index contributed by atoms with van der Waals surface area (Å²) in [5.74, 6) is 0. The number of nitrogens with zero attached hydrogens (tertiary/aromatic N) is 2. The maximum Gasteiger partial charge on any atom is 0.429 e. The van der Waals surface area contributed by atoms with Crippen molar-refractivity contribution < 1.29 is 19.1 Å². The van der Waals surface area contributed by atoms with Gasteiger partial charge in [-0.15, -0.1) is 0 Å². The van der Waals surface area contributed by atoms with E-state index in [1.165, 1.54) is 10.0 Å². The zero-order valence-electron chi connectivity index (χ0n) is 11.2. The molecule has 0 aromatic carbocycles. The van der Waals surface area contributed by atoms with Crippen LogP contribution >= 0.6 is 0 Å². The van der Waals surface area contributed by atoms with Crippen molar-refractivity contribution in [3.63, 3.8) is 0 Å². The van der Waals surface area contributed by atoms with Gasteiger partial charge in [0, 0.05) is 5.41 Å². The van der Waals surface area contributed by atoms with Crippen molar-refractivity contribution in [1.82, 2.24) is 10.0 Å². The van der Waals surface area contributed by atoms with Crippen molar-refractivity contribution in [1.29, 1.82) is 0 Å². The Morgan fingerprint density at radius 2 is 1.47 bits per heavy atom. The van der Waals surface area contributed by atoms with Gasteiger partial charge in [-0.3, -0.25) is 0 Å². The number of rotatable bonds is 2. The van der Waals surface area contributed by atoms with E-state index in [4.69, 9.17) is 9.47 Å². The molecule has 1 spiro atoms. The molecule has 104 valence electrons. The second-order valence-electron chi connectivity index (χ2n) is 5.09. The highest BCUT2D eigenvalue weighted by molar-refractivity contribution is 5.77. The van der Waals surface area contributed by atoms with Crippen molar-refractivity contribution in [2.24, 2.45) is 5.41 Å². The smallest absolute Gasteiger partial charge is 0.429 e. The minimum Gasteiger partial charge on any atom is -0.448 e. The lowest BCUT2D eigenvalue weighted by Crippen LogP contribution is -2.52. The summed E-state index contributed by atoms with van der Waals surface area (Å²) in [6, 6.07) is -0.137. The van der Waals surface area contributed by atoms with Crippen molar-refractivity contribution in [3.05, 3.63) is 12.2 Å². The van der Waals surface area contributed by atoms with Gasteiger partial charge in [0.05, 0.1) is 25.3 Å². The Balaban J connectivity index is 1.89. The van der Waals surface area contributed by atoms with E-state index in [0.717, 1.165) is 12.8 Å². The molecule has 1 saturated carbocycles. The number of hydrazine groups is 1. The van der Waals surface area contributed by atoms with E-state index < -0.39 is 12.2 Å². The second-order valence-corrected chi connectivity index (χ2v) is 5.09. The van der Waals surface area contributed by atoms with Gasteiger partial charge in [-0.25, -0.2) is 19.6 Å². The molecule has 6 nitrogen and oxygen atoms in total. The molecule has 0 radical (unpaired) electrons. The first-order valence-corrected chi connectivity index (χ1v) is 6.76. The Kier molecular flexibility index (Phi) is 2.69. The quantitative estimate of drug-likeness (QED) is 0.716. The predicted molar refractivity (Wildman–Crippen MR) is 66.1 cm³/mol. The molecule has 2 aliphatic carbocycles. The lowest BCUT2D eigenvalue weighted by Gasteiger charge is -2.33. The first-order valence-electron chi connectivity index (χ1n) is 6.76. The molecule has 2 atom stereocenters. The van der Waals surface area contributed by atoms with Crippen LogP contribution in [0.1, 0.15) is 26.7 Å². The molecule has 0 aromatic rings. The van der Waals surface area contributed by atoms with Crippen LogP contribution in [0.15, 0.2) is 12.2 Å². The SMILES string of the molecule is CCOC(=O)N1C2C=CC(N1C(=O)OCC)C21CC1. The summed E-state index contributed by atoms with van der Waals surface area (Å²) >= 11 is 0. The number of hydrogen-bond acceptors (Lipinski definition) is 4. The van der Waals surface area contributed by atoms with Gasteiger partial charge in [-0.2, -0.15) is 0 Å². The maximum atomic E-state index is 12.1. The van der Waals surface area contributed by atoms with E-state index in [-0.39, 0.29) is 17.5 Å². The number of amides is 2. The molecular formula is C13H18N2O4. The third-order valence-corrected chi connectivity index (χ3v) is 4.15. The normalized spacial score (nSPS) is 28.9. The van der Waals surface area contributed by atoms with Crippen LogP contribution in [0.4, 0.5) is 9.59 Å². The van der Waals surface area contributed by atoms with Crippen LogP contribution in [0, 0.1) is 5.41 Å². The van der Waals surface area contributed by atoms with Crippen LogP contribution in [0.2, 0.25) is 0 Å². The lowest BCUT2D eigenvalue weighted by atomic mass is 9.97. The fourth-order valence-electron chi connectivity index (χ4n) is 3.21. The summed E-state index contributed by atoms with van der Waals surface area (Å²) in [5.41, 5.74) is 0.0134. The van der Waals surface area contributed by atoms with Crippen LogP contribution in [0.3, 0.4) is 0 Å². The van der Waals surface area contributed by atoms with E-state index in [2.05, 4.69) is 0 Å². The fourth-order valence-corrected chi connectivity index (χ4v) is 3.21. The highest BCUT2D eigenvalue weighted by atomic mass is 16.6. The summed E-state index contributed by atoms with van der Waals surface area (Å²) in [5, 5.41) is 2.86. The van der Waals surface area contributed by atoms with Crippen molar-refractivity contribution in [2.75, 3.05) is 13.2 Å². The molecule has 2 bridgehead atoms. The van der Waals surface area contributed by atoms with Crippen LogP contribution in [0.5, 0.6) is 0 Å².